The minimum atomic E-state index is 0.497. The summed E-state index contributed by atoms with van der Waals surface area (Å²) in [6.07, 6.45) is 7.46. The maximum atomic E-state index is 4.26. The Morgan fingerprint density at radius 3 is 2.53 bits per heavy atom. The summed E-state index contributed by atoms with van der Waals surface area (Å²) in [6.45, 7) is 2.17. The van der Waals surface area contributed by atoms with Crippen LogP contribution in [0.15, 0.2) is 48.9 Å². The molecule has 1 aromatic heterocycles. The SMILES string of the molecule is c1ccc(N2CCC(Nc3cnccn3)CC2)cc1. The van der Waals surface area contributed by atoms with E-state index in [0.29, 0.717) is 6.04 Å². The summed E-state index contributed by atoms with van der Waals surface area (Å²) in [5.41, 5.74) is 1.32. The third-order valence-corrected chi connectivity index (χ3v) is 3.53. The summed E-state index contributed by atoms with van der Waals surface area (Å²) >= 11 is 0. The average Bonchev–Trinajstić information content (AvgIpc) is 2.50. The summed E-state index contributed by atoms with van der Waals surface area (Å²) in [5.74, 6) is 0.876. The molecule has 0 unspecified atom stereocenters. The number of hydrogen-bond acceptors (Lipinski definition) is 4. The second kappa shape index (κ2) is 5.69. The molecule has 0 saturated carbocycles. The van der Waals surface area contributed by atoms with E-state index in [1.807, 2.05) is 0 Å². The van der Waals surface area contributed by atoms with Crippen molar-refractivity contribution in [2.24, 2.45) is 0 Å². The van der Waals surface area contributed by atoms with E-state index in [1.165, 1.54) is 5.69 Å². The molecule has 4 heteroatoms. The van der Waals surface area contributed by atoms with Crippen molar-refractivity contribution in [2.75, 3.05) is 23.3 Å². The van der Waals surface area contributed by atoms with Gasteiger partial charge < -0.3 is 10.2 Å². The normalized spacial score (nSPS) is 16.3. The van der Waals surface area contributed by atoms with Crippen molar-refractivity contribution in [3.63, 3.8) is 0 Å². The predicted molar refractivity (Wildman–Crippen MR) is 77.3 cm³/mol. The van der Waals surface area contributed by atoms with Crippen LogP contribution in [-0.4, -0.2) is 29.1 Å². The molecule has 19 heavy (non-hydrogen) atoms. The molecule has 0 bridgehead atoms. The Hall–Kier alpha value is -2.10. The van der Waals surface area contributed by atoms with Crippen molar-refractivity contribution in [2.45, 2.75) is 18.9 Å². The zero-order valence-electron chi connectivity index (χ0n) is 10.9. The largest absolute Gasteiger partial charge is 0.371 e. The lowest BCUT2D eigenvalue weighted by molar-refractivity contribution is 0.525. The highest BCUT2D eigenvalue weighted by atomic mass is 15.2. The lowest BCUT2D eigenvalue weighted by atomic mass is 10.0. The fourth-order valence-electron chi connectivity index (χ4n) is 2.50. The van der Waals surface area contributed by atoms with E-state index in [9.17, 15) is 0 Å². The number of rotatable bonds is 3. The van der Waals surface area contributed by atoms with Crippen LogP contribution in [-0.2, 0) is 0 Å². The summed E-state index contributed by atoms with van der Waals surface area (Å²) in [7, 11) is 0. The lowest BCUT2D eigenvalue weighted by Gasteiger charge is -2.34. The zero-order valence-corrected chi connectivity index (χ0v) is 10.9. The van der Waals surface area contributed by atoms with Crippen molar-refractivity contribution < 1.29 is 0 Å². The van der Waals surface area contributed by atoms with Gasteiger partial charge in [-0.1, -0.05) is 18.2 Å². The first kappa shape index (κ1) is 12.0. The molecule has 1 saturated heterocycles. The van der Waals surface area contributed by atoms with E-state index in [1.54, 1.807) is 18.6 Å². The van der Waals surface area contributed by atoms with Crippen LogP contribution in [0.5, 0.6) is 0 Å². The topological polar surface area (TPSA) is 41.0 Å². The van der Waals surface area contributed by atoms with Crippen molar-refractivity contribution in [1.82, 2.24) is 9.97 Å². The van der Waals surface area contributed by atoms with Crippen molar-refractivity contribution in [1.29, 1.82) is 0 Å². The molecule has 0 atom stereocenters. The zero-order chi connectivity index (χ0) is 12.9. The summed E-state index contributed by atoms with van der Waals surface area (Å²) < 4.78 is 0. The van der Waals surface area contributed by atoms with Crippen LogP contribution < -0.4 is 10.2 Å². The predicted octanol–water partition coefficient (Wildman–Crippen LogP) is 2.56. The number of aromatic nitrogens is 2. The number of anilines is 2. The first-order valence-electron chi connectivity index (χ1n) is 6.74. The van der Waals surface area contributed by atoms with Crippen LogP contribution in [0.3, 0.4) is 0 Å². The molecule has 1 fully saturated rings. The Morgan fingerprint density at radius 2 is 1.84 bits per heavy atom. The van der Waals surface area contributed by atoms with E-state index in [2.05, 4.69) is 50.5 Å². The quantitative estimate of drug-likeness (QED) is 0.914. The number of nitrogens with one attached hydrogen (secondary N) is 1. The van der Waals surface area contributed by atoms with Crippen LogP contribution >= 0.6 is 0 Å². The molecule has 98 valence electrons. The Balaban J connectivity index is 1.55. The number of benzene rings is 1. The van der Waals surface area contributed by atoms with Crippen LogP contribution in [0.4, 0.5) is 11.5 Å². The van der Waals surface area contributed by atoms with Gasteiger partial charge in [-0.2, -0.15) is 0 Å². The number of para-hydroxylation sites is 1. The van der Waals surface area contributed by atoms with Crippen LogP contribution in [0.25, 0.3) is 0 Å². The molecular formula is C15H18N4. The van der Waals surface area contributed by atoms with Gasteiger partial charge in [0.25, 0.3) is 0 Å². The van der Waals surface area contributed by atoms with Gasteiger partial charge in [0, 0.05) is 37.2 Å². The summed E-state index contributed by atoms with van der Waals surface area (Å²) in [5, 5.41) is 3.45. The highest BCUT2D eigenvalue weighted by molar-refractivity contribution is 5.46. The van der Waals surface area contributed by atoms with Gasteiger partial charge in [-0.3, -0.25) is 4.98 Å². The number of piperidine rings is 1. The second-order valence-electron chi connectivity index (χ2n) is 4.83. The first-order valence-corrected chi connectivity index (χ1v) is 6.74. The monoisotopic (exact) mass is 254 g/mol. The molecule has 0 aliphatic carbocycles. The first-order chi connectivity index (χ1) is 9.42. The van der Waals surface area contributed by atoms with E-state index >= 15 is 0 Å². The Morgan fingerprint density at radius 1 is 1.05 bits per heavy atom. The van der Waals surface area contributed by atoms with Crippen LogP contribution in [0, 0.1) is 0 Å². The van der Waals surface area contributed by atoms with Crippen LogP contribution in [0.1, 0.15) is 12.8 Å². The van der Waals surface area contributed by atoms with Crippen molar-refractivity contribution in [3.05, 3.63) is 48.9 Å². The summed E-state index contributed by atoms with van der Waals surface area (Å²) in [6, 6.07) is 11.1. The van der Waals surface area contributed by atoms with Gasteiger partial charge in [-0.15, -0.1) is 0 Å². The van der Waals surface area contributed by atoms with Gasteiger partial charge in [-0.25, -0.2) is 4.98 Å². The van der Waals surface area contributed by atoms with Crippen molar-refractivity contribution >= 4 is 11.5 Å². The fraction of sp³-hybridized carbons (Fsp3) is 0.333. The highest BCUT2D eigenvalue weighted by Gasteiger charge is 2.19. The molecule has 0 amide bonds. The molecule has 1 aromatic carbocycles. The number of hydrogen-bond donors (Lipinski definition) is 1. The molecule has 1 N–H and O–H groups in total. The molecule has 4 nitrogen and oxygen atoms in total. The molecule has 1 aliphatic rings. The fourth-order valence-corrected chi connectivity index (χ4v) is 2.50. The second-order valence-corrected chi connectivity index (χ2v) is 4.83. The van der Waals surface area contributed by atoms with E-state index in [4.69, 9.17) is 0 Å². The van der Waals surface area contributed by atoms with E-state index < -0.39 is 0 Å². The standard InChI is InChI=1S/C15H18N4/c1-2-4-14(5-3-1)19-10-6-13(7-11-19)18-15-12-16-8-9-17-15/h1-5,8-9,12-13H,6-7,10-11H2,(H,17,18). The third kappa shape index (κ3) is 3.02. The maximum Gasteiger partial charge on any atom is 0.144 e. The van der Waals surface area contributed by atoms with Gasteiger partial charge in [-0.05, 0) is 25.0 Å². The molecule has 0 radical (unpaired) electrons. The third-order valence-electron chi connectivity index (χ3n) is 3.53. The number of nitrogens with zero attached hydrogens (tertiary/aromatic N) is 3. The Kier molecular flexibility index (Phi) is 3.58. The molecule has 1 aliphatic heterocycles. The van der Waals surface area contributed by atoms with Gasteiger partial charge in [0.15, 0.2) is 0 Å². The van der Waals surface area contributed by atoms with E-state index in [-0.39, 0.29) is 0 Å². The maximum absolute atomic E-state index is 4.26. The lowest BCUT2D eigenvalue weighted by Crippen LogP contribution is -2.39. The average molecular weight is 254 g/mol. The molecule has 2 aromatic rings. The smallest absolute Gasteiger partial charge is 0.144 e. The molecule has 2 heterocycles. The van der Waals surface area contributed by atoms with Gasteiger partial charge in [0.2, 0.25) is 0 Å². The van der Waals surface area contributed by atoms with E-state index in [0.717, 1.165) is 31.7 Å². The molecular weight excluding hydrogens is 236 g/mol. The molecule has 0 spiro atoms. The van der Waals surface area contributed by atoms with Gasteiger partial charge >= 0.3 is 0 Å². The summed E-state index contributed by atoms with van der Waals surface area (Å²) in [4.78, 5) is 10.8. The van der Waals surface area contributed by atoms with Gasteiger partial charge in [0.1, 0.15) is 5.82 Å². The Bertz CT molecular complexity index is 492. The minimum absolute atomic E-state index is 0.497. The Labute approximate surface area is 113 Å². The molecule has 3 rings (SSSR count). The minimum Gasteiger partial charge on any atom is -0.371 e. The highest BCUT2D eigenvalue weighted by Crippen LogP contribution is 2.20. The van der Waals surface area contributed by atoms with Crippen LogP contribution in [0.2, 0.25) is 0 Å². The van der Waals surface area contributed by atoms with Crippen molar-refractivity contribution in [3.8, 4) is 0 Å². The van der Waals surface area contributed by atoms with Gasteiger partial charge in [0.05, 0.1) is 6.20 Å².